The molecule has 1 spiro atoms. The van der Waals surface area contributed by atoms with Gasteiger partial charge in [0.1, 0.15) is 17.0 Å². The lowest BCUT2D eigenvalue weighted by molar-refractivity contribution is 0.669. The third-order valence-electron chi connectivity index (χ3n) is 15.6. The average molecular weight is 944 g/mol. The molecule has 74 heavy (non-hydrogen) atoms. The summed E-state index contributed by atoms with van der Waals surface area (Å²) in [5.74, 6) is 1.81. The Morgan fingerprint density at radius 1 is 0.378 bits per heavy atom. The first-order chi connectivity index (χ1) is 36.7. The molecular formula is C70H45N3O. The van der Waals surface area contributed by atoms with E-state index in [1.165, 1.54) is 39.0 Å². The summed E-state index contributed by atoms with van der Waals surface area (Å²) >= 11 is 0. The van der Waals surface area contributed by atoms with Crippen LogP contribution >= 0.6 is 0 Å². The number of hydrogen-bond donors (Lipinski definition) is 0. The predicted octanol–water partition coefficient (Wildman–Crippen LogP) is 17.6. The van der Waals surface area contributed by atoms with Crippen molar-refractivity contribution in [3.05, 3.63) is 288 Å². The number of furan rings is 1. The monoisotopic (exact) mass is 943 g/mol. The Balaban J connectivity index is 0.991. The Hall–Kier alpha value is -9.51. The Bertz CT molecular complexity index is 4010. The van der Waals surface area contributed by atoms with Crippen molar-refractivity contribution < 1.29 is 4.42 Å². The third kappa shape index (κ3) is 6.51. The number of para-hydroxylation sites is 1. The Kier molecular flexibility index (Phi) is 9.58. The molecule has 4 heteroatoms. The summed E-state index contributed by atoms with van der Waals surface area (Å²) in [6, 6.07) is 87.1. The molecule has 4 nitrogen and oxygen atoms in total. The number of fused-ring (bicyclic) bond motifs is 13. The van der Waals surface area contributed by atoms with Gasteiger partial charge in [-0.15, -0.1) is 0 Å². The molecule has 2 unspecified atom stereocenters. The fourth-order valence-corrected chi connectivity index (χ4v) is 12.4. The van der Waals surface area contributed by atoms with Crippen LogP contribution < -0.4 is 0 Å². The largest absolute Gasteiger partial charge is 0.455 e. The van der Waals surface area contributed by atoms with Crippen LogP contribution in [0.15, 0.2) is 265 Å². The standard InChI is InChI=1S/C70H45N3O/c1-5-20-44(21-6-1)48-38-49(45-22-7-2-8-23-45)41-52(40-48)67-71-68(53-42-50(46-24-9-3-10-25-46)39-51(43-53)47-26-11-4-12-27-47)73-69(72-67)58-31-19-34-61-64(58)56-29-13-16-32-59(56)70(61)60-33-17-14-30-57(60)65-62(70)37-36-55-54-28-15-18-35-63(54)74-66(55)65/h1-30,32-43,58H,31H2. The molecule has 2 aromatic heterocycles. The number of hydrogen-bond acceptors (Lipinski definition) is 4. The highest BCUT2D eigenvalue weighted by Crippen LogP contribution is 2.66. The van der Waals surface area contributed by atoms with Gasteiger partial charge in [0.2, 0.25) is 0 Å². The zero-order valence-corrected chi connectivity index (χ0v) is 40.3. The van der Waals surface area contributed by atoms with Crippen LogP contribution in [-0.4, -0.2) is 15.0 Å². The smallest absolute Gasteiger partial charge is 0.163 e. The molecule has 0 fully saturated rings. The average Bonchev–Trinajstić information content (AvgIpc) is 4.13. The van der Waals surface area contributed by atoms with Crippen LogP contribution in [0.1, 0.15) is 40.4 Å². The lowest BCUT2D eigenvalue weighted by atomic mass is 9.68. The first kappa shape index (κ1) is 42.2. The van der Waals surface area contributed by atoms with E-state index in [1.807, 2.05) is 0 Å². The van der Waals surface area contributed by atoms with Gasteiger partial charge in [-0.05, 0) is 132 Å². The van der Waals surface area contributed by atoms with Crippen LogP contribution in [-0.2, 0) is 5.41 Å². The van der Waals surface area contributed by atoms with E-state index < -0.39 is 5.41 Å². The fourth-order valence-electron chi connectivity index (χ4n) is 12.4. The van der Waals surface area contributed by atoms with E-state index in [0.717, 1.165) is 95.4 Å². The van der Waals surface area contributed by atoms with E-state index >= 15 is 0 Å². The van der Waals surface area contributed by atoms with Gasteiger partial charge in [0, 0.05) is 33.4 Å². The Morgan fingerprint density at radius 2 is 0.838 bits per heavy atom. The molecule has 346 valence electrons. The van der Waals surface area contributed by atoms with Crippen molar-refractivity contribution in [2.24, 2.45) is 0 Å². The third-order valence-corrected chi connectivity index (χ3v) is 15.6. The van der Waals surface area contributed by atoms with E-state index in [2.05, 4.69) is 255 Å². The summed E-state index contributed by atoms with van der Waals surface area (Å²) in [6.45, 7) is 0. The van der Waals surface area contributed by atoms with Crippen molar-refractivity contribution in [1.29, 1.82) is 0 Å². The molecule has 2 heterocycles. The number of nitrogens with zero attached hydrogens (tertiary/aromatic N) is 3. The van der Waals surface area contributed by atoms with Gasteiger partial charge in [-0.1, -0.05) is 212 Å². The second-order valence-corrected chi connectivity index (χ2v) is 19.7. The van der Waals surface area contributed by atoms with E-state index in [9.17, 15) is 0 Å². The zero-order valence-electron chi connectivity index (χ0n) is 40.3. The second kappa shape index (κ2) is 16.8. The molecule has 0 radical (unpaired) electrons. The molecule has 12 aromatic rings. The topological polar surface area (TPSA) is 51.8 Å². The summed E-state index contributed by atoms with van der Waals surface area (Å²) in [5, 5.41) is 2.26. The number of aromatic nitrogens is 3. The van der Waals surface area contributed by atoms with Gasteiger partial charge in [0.05, 0.1) is 5.41 Å². The number of rotatable bonds is 7. The molecular weight excluding hydrogens is 899 g/mol. The first-order valence-corrected chi connectivity index (χ1v) is 25.5. The van der Waals surface area contributed by atoms with Crippen molar-refractivity contribution in [1.82, 2.24) is 15.0 Å². The second-order valence-electron chi connectivity index (χ2n) is 19.7. The first-order valence-electron chi connectivity index (χ1n) is 25.5. The molecule has 0 N–H and O–H groups in total. The van der Waals surface area contributed by atoms with Gasteiger partial charge in [0.15, 0.2) is 11.6 Å². The SMILES string of the molecule is C1=CC2=C(c3ccccc3C23c2ccccc2-c2c3ccc3c2oc2ccccc23)C(c2nc(-c3cc(-c4ccccc4)cc(-c4ccccc4)c3)nc(-c3cc(-c4ccccc4)cc(-c4ccccc4)c3)n2)C1. The number of benzene rings is 10. The van der Waals surface area contributed by atoms with Crippen LogP contribution in [0.4, 0.5) is 0 Å². The molecule has 0 saturated heterocycles. The maximum atomic E-state index is 6.87. The lowest BCUT2D eigenvalue weighted by Gasteiger charge is -2.32. The summed E-state index contributed by atoms with van der Waals surface area (Å²) in [7, 11) is 0. The Labute approximate surface area is 429 Å². The maximum absolute atomic E-state index is 6.87. The molecule has 0 saturated carbocycles. The summed E-state index contributed by atoms with van der Waals surface area (Å²) < 4.78 is 6.87. The molecule has 2 atom stereocenters. The van der Waals surface area contributed by atoms with Crippen LogP contribution in [0.3, 0.4) is 0 Å². The quantitative estimate of drug-likeness (QED) is 0.160. The van der Waals surface area contributed by atoms with Crippen molar-refractivity contribution in [2.75, 3.05) is 0 Å². The highest BCUT2D eigenvalue weighted by molar-refractivity contribution is 6.13. The maximum Gasteiger partial charge on any atom is 0.163 e. The van der Waals surface area contributed by atoms with Crippen molar-refractivity contribution in [3.8, 4) is 78.4 Å². The highest BCUT2D eigenvalue weighted by atomic mass is 16.3. The van der Waals surface area contributed by atoms with Crippen molar-refractivity contribution in [3.63, 3.8) is 0 Å². The van der Waals surface area contributed by atoms with Gasteiger partial charge in [-0.2, -0.15) is 0 Å². The summed E-state index contributed by atoms with van der Waals surface area (Å²) in [6.07, 6.45) is 5.48. The van der Waals surface area contributed by atoms with Gasteiger partial charge < -0.3 is 4.42 Å². The normalized spacial score (nSPS) is 16.1. The Morgan fingerprint density at radius 3 is 1.39 bits per heavy atom. The molecule has 0 aliphatic heterocycles. The zero-order chi connectivity index (χ0) is 48.7. The predicted molar refractivity (Wildman–Crippen MR) is 301 cm³/mol. The minimum atomic E-state index is -0.595. The number of allylic oxidation sites excluding steroid dienone is 4. The molecule has 0 amide bonds. The van der Waals surface area contributed by atoms with Gasteiger partial charge in [-0.3, -0.25) is 0 Å². The lowest BCUT2D eigenvalue weighted by Crippen LogP contribution is -2.27. The van der Waals surface area contributed by atoms with Crippen LogP contribution in [0, 0.1) is 0 Å². The van der Waals surface area contributed by atoms with Gasteiger partial charge in [0.25, 0.3) is 0 Å². The van der Waals surface area contributed by atoms with Gasteiger partial charge >= 0.3 is 0 Å². The van der Waals surface area contributed by atoms with Crippen LogP contribution in [0.5, 0.6) is 0 Å². The highest BCUT2D eigenvalue weighted by Gasteiger charge is 2.54. The van der Waals surface area contributed by atoms with Crippen LogP contribution in [0.2, 0.25) is 0 Å². The van der Waals surface area contributed by atoms with E-state index in [4.69, 9.17) is 19.4 Å². The molecule has 0 bridgehead atoms. The summed E-state index contributed by atoms with van der Waals surface area (Å²) in [5.41, 5.74) is 21.8. The molecule has 15 rings (SSSR count). The van der Waals surface area contributed by atoms with Crippen molar-refractivity contribution in [2.45, 2.75) is 17.8 Å². The van der Waals surface area contributed by atoms with E-state index in [1.54, 1.807) is 0 Å². The van der Waals surface area contributed by atoms with E-state index in [0.29, 0.717) is 11.6 Å². The molecule has 3 aliphatic rings. The molecule has 10 aromatic carbocycles. The minimum Gasteiger partial charge on any atom is -0.455 e. The van der Waals surface area contributed by atoms with Gasteiger partial charge in [-0.25, -0.2) is 15.0 Å². The van der Waals surface area contributed by atoms with Crippen molar-refractivity contribution >= 4 is 27.5 Å². The molecule has 3 aliphatic carbocycles. The summed E-state index contributed by atoms with van der Waals surface area (Å²) in [4.78, 5) is 16.9. The fraction of sp³-hybridized carbons (Fsp3) is 0.0429. The van der Waals surface area contributed by atoms with Crippen LogP contribution in [0.25, 0.3) is 106 Å². The minimum absolute atomic E-state index is 0.195. The van der Waals surface area contributed by atoms with E-state index in [-0.39, 0.29) is 5.92 Å².